The van der Waals surface area contributed by atoms with E-state index in [2.05, 4.69) is 44.5 Å². The molecule has 8 heteroatoms. The summed E-state index contributed by atoms with van der Waals surface area (Å²) >= 11 is 3.15. The van der Waals surface area contributed by atoms with Gasteiger partial charge in [0.25, 0.3) is 0 Å². The number of carbonyl (C=O) groups is 1. The number of carbonyl (C=O) groups excluding carboxylic acids is 1. The van der Waals surface area contributed by atoms with E-state index in [-0.39, 0.29) is 11.7 Å². The second-order valence-electron chi connectivity index (χ2n) is 8.80. The van der Waals surface area contributed by atoms with Crippen molar-refractivity contribution in [3.63, 3.8) is 0 Å². The van der Waals surface area contributed by atoms with Crippen LogP contribution in [-0.2, 0) is 4.79 Å². The molecule has 6 nitrogen and oxygen atoms in total. The number of rotatable bonds is 8. The Labute approximate surface area is 196 Å². The molecule has 2 bridgehead atoms. The van der Waals surface area contributed by atoms with Gasteiger partial charge in [-0.1, -0.05) is 24.2 Å². The number of anilines is 1. The summed E-state index contributed by atoms with van der Waals surface area (Å²) in [7, 11) is 1.63. The Hall–Kier alpha value is -2.32. The summed E-state index contributed by atoms with van der Waals surface area (Å²) in [6, 6.07) is 11.8. The first-order valence-electron chi connectivity index (χ1n) is 11.2. The molecule has 1 N–H and O–H groups in total. The molecule has 4 unspecified atom stereocenters. The molecule has 2 saturated carbocycles. The Morgan fingerprint density at radius 1 is 1.25 bits per heavy atom. The molecular formula is C24H28N4O2S2. The molecule has 0 spiro atoms. The average molecular weight is 469 g/mol. The maximum Gasteiger partial charge on any atom is 0.234 e. The summed E-state index contributed by atoms with van der Waals surface area (Å²) < 4.78 is 7.47. The van der Waals surface area contributed by atoms with Gasteiger partial charge in [-0.25, -0.2) is 0 Å². The Bertz CT molecular complexity index is 1060. The molecule has 2 aliphatic carbocycles. The number of aromatic nitrogens is 3. The van der Waals surface area contributed by atoms with Gasteiger partial charge in [-0.05, 0) is 79.7 Å². The number of ether oxygens (including phenoxy) is 1. The highest BCUT2D eigenvalue weighted by molar-refractivity contribution is 7.99. The lowest BCUT2D eigenvalue weighted by Gasteiger charge is -2.30. The Morgan fingerprint density at radius 3 is 2.75 bits per heavy atom. The summed E-state index contributed by atoms with van der Waals surface area (Å²) in [5.74, 6) is 4.29. The number of amides is 1. The van der Waals surface area contributed by atoms with E-state index in [1.54, 1.807) is 18.4 Å². The molecule has 32 heavy (non-hydrogen) atoms. The van der Waals surface area contributed by atoms with E-state index in [1.165, 1.54) is 37.4 Å². The van der Waals surface area contributed by atoms with Crippen LogP contribution in [0.15, 0.2) is 46.9 Å². The summed E-state index contributed by atoms with van der Waals surface area (Å²) in [4.78, 5) is 13.7. The van der Waals surface area contributed by atoms with Gasteiger partial charge < -0.3 is 10.1 Å². The number of fused-ring (bicyclic) bond motifs is 2. The molecule has 4 atom stereocenters. The fourth-order valence-electron chi connectivity index (χ4n) is 5.39. The van der Waals surface area contributed by atoms with Gasteiger partial charge in [0, 0.05) is 11.7 Å². The summed E-state index contributed by atoms with van der Waals surface area (Å²) in [6.07, 6.45) is 5.41. The number of nitrogens with zero attached hydrogens (tertiary/aromatic N) is 3. The van der Waals surface area contributed by atoms with Crippen LogP contribution in [0, 0.1) is 17.8 Å². The Morgan fingerprint density at radius 2 is 2.09 bits per heavy atom. The number of methoxy groups -OCH3 is 1. The van der Waals surface area contributed by atoms with E-state index in [4.69, 9.17) is 4.74 Å². The van der Waals surface area contributed by atoms with Gasteiger partial charge in [-0.2, -0.15) is 0 Å². The van der Waals surface area contributed by atoms with Gasteiger partial charge in [-0.3, -0.25) is 9.36 Å². The van der Waals surface area contributed by atoms with Gasteiger partial charge in [0.05, 0.1) is 17.7 Å². The third kappa shape index (κ3) is 4.30. The Kier molecular flexibility index (Phi) is 6.24. The standard InChI is InChI=1S/C24H28N4O2S2/c1-15(20-13-16-5-6-17(20)12-16)28-23(21-4-3-11-31-21)26-27-24(28)32-14-22(29)25-18-7-9-19(30-2)10-8-18/h3-4,7-11,15-17,20H,5-6,12-14H2,1-2H3,(H,25,29). The molecule has 0 radical (unpaired) electrons. The lowest BCUT2D eigenvalue weighted by Crippen LogP contribution is -2.23. The maximum absolute atomic E-state index is 12.6. The molecule has 5 rings (SSSR count). The van der Waals surface area contributed by atoms with Crippen molar-refractivity contribution < 1.29 is 9.53 Å². The topological polar surface area (TPSA) is 69.0 Å². The molecule has 0 aliphatic heterocycles. The highest BCUT2D eigenvalue weighted by atomic mass is 32.2. The van der Waals surface area contributed by atoms with Crippen LogP contribution in [0.3, 0.4) is 0 Å². The first kappa shape index (κ1) is 21.5. The zero-order valence-electron chi connectivity index (χ0n) is 18.4. The van der Waals surface area contributed by atoms with Crippen LogP contribution in [0.4, 0.5) is 5.69 Å². The van der Waals surface area contributed by atoms with Crippen LogP contribution < -0.4 is 10.1 Å². The van der Waals surface area contributed by atoms with Gasteiger partial charge in [0.2, 0.25) is 5.91 Å². The van der Waals surface area contributed by atoms with Crippen LogP contribution in [0.25, 0.3) is 10.7 Å². The molecule has 1 amide bonds. The van der Waals surface area contributed by atoms with Crippen molar-refractivity contribution in [3.05, 3.63) is 41.8 Å². The highest BCUT2D eigenvalue weighted by Gasteiger charge is 2.43. The summed E-state index contributed by atoms with van der Waals surface area (Å²) in [5.41, 5.74) is 0.757. The van der Waals surface area contributed by atoms with E-state index < -0.39 is 0 Å². The van der Waals surface area contributed by atoms with Crippen molar-refractivity contribution in [1.82, 2.24) is 14.8 Å². The van der Waals surface area contributed by atoms with E-state index >= 15 is 0 Å². The monoisotopic (exact) mass is 468 g/mol. The number of hydrogen-bond acceptors (Lipinski definition) is 6. The predicted octanol–water partition coefficient (Wildman–Crippen LogP) is 5.74. The molecule has 168 valence electrons. The molecule has 3 aromatic rings. The summed E-state index contributed by atoms with van der Waals surface area (Å²) in [6.45, 7) is 2.31. The van der Waals surface area contributed by atoms with Crippen LogP contribution in [-0.4, -0.2) is 33.5 Å². The number of nitrogens with one attached hydrogen (secondary N) is 1. The number of thiophene rings is 1. The third-order valence-corrected chi connectivity index (χ3v) is 8.74. The molecule has 1 aromatic carbocycles. The molecular weight excluding hydrogens is 440 g/mol. The second-order valence-corrected chi connectivity index (χ2v) is 10.7. The van der Waals surface area contributed by atoms with E-state index in [0.717, 1.165) is 39.1 Å². The van der Waals surface area contributed by atoms with Gasteiger partial charge >= 0.3 is 0 Å². The van der Waals surface area contributed by atoms with Crippen molar-refractivity contribution in [3.8, 4) is 16.5 Å². The SMILES string of the molecule is COc1ccc(NC(=O)CSc2nnc(-c3cccs3)n2C(C)C2CC3CCC2C3)cc1. The fraction of sp³-hybridized carbons (Fsp3) is 0.458. The summed E-state index contributed by atoms with van der Waals surface area (Å²) in [5, 5.41) is 14.9. The van der Waals surface area contributed by atoms with E-state index in [0.29, 0.717) is 12.0 Å². The maximum atomic E-state index is 12.6. The van der Waals surface area contributed by atoms with Gasteiger partial charge in [0.1, 0.15) is 5.75 Å². The predicted molar refractivity (Wildman–Crippen MR) is 129 cm³/mol. The van der Waals surface area contributed by atoms with E-state index in [9.17, 15) is 4.79 Å². The van der Waals surface area contributed by atoms with Gasteiger partial charge in [0.15, 0.2) is 11.0 Å². The van der Waals surface area contributed by atoms with Crippen molar-refractivity contribution >= 4 is 34.7 Å². The number of thioether (sulfide) groups is 1. The lowest BCUT2D eigenvalue weighted by molar-refractivity contribution is -0.113. The highest BCUT2D eigenvalue weighted by Crippen LogP contribution is 2.53. The fourth-order valence-corrected chi connectivity index (χ4v) is 6.92. The smallest absolute Gasteiger partial charge is 0.234 e. The molecule has 0 saturated heterocycles. The van der Waals surface area contributed by atoms with Gasteiger partial charge in [-0.15, -0.1) is 21.5 Å². The van der Waals surface area contributed by atoms with E-state index in [1.807, 2.05) is 24.3 Å². The zero-order chi connectivity index (χ0) is 22.1. The number of hydrogen-bond donors (Lipinski definition) is 1. The minimum Gasteiger partial charge on any atom is -0.497 e. The largest absolute Gasteiger partial charge is 0.497 e. The van der Waals surface area contributed by atoms with Crippen LogP contribution in [0.1, 0.15) is 38.6 Å². The minimum absolute atomic E-state index is 0.0556. The average Bonchev–Trinajstić information content (AvgIpc) is 3.61. The molecule has 2 fully saturated rings. The first-order valence-corrected chi connectivity index (χ1v) is 13.0. The van der Waals surface area contributed by atoms with Crippen molar-refractivity contribution in [2.45, 2.75) is 43.8 Å². The zero-order valence-corrected chi connectivity index (χ0v) is 20.0. The quantitative estimate of drug-likeness (QED) is 0.427. The molecule has 2 aliphatic rings. The lowest BCUT2D eigenvalue weighted by atomic mass is 9.84. The first-order chi connectivity index (χ1) is 15.6. The normalized spacial score (nSPS) is 22.8. The minimum atomic E-state index is -0.0556. The van der Waals surface area contributed by atoms with Crippen molar-refractivity contribution in [1.29, 1.82) is 0 Å². The van der Waals surface area contributed by atoms with Crippen LogP contribution in [0.2, 0.25) is 0 Å². The molecule has 2 heterocycles. The molecule has 2 aromatic heterocycles. The van der Waals surface area contributed by atoms with Crippen LogP contribution in [0.5, 0.6) is 5.75 Å². The van der Waals surface area contributed by atoms with Crippen molar-refractivity contribution in [2.75, 3.05) is 18.2 Å². The Balaban J connectivity index is 1.32. The van der Waals surface area contributed by atoms with Crippen LogP contribution >= 0.6 is 23.1 Å². The second kappa shape index (κ2) is 9.27. The van der Waals surface area contributed by atoms with Crippen molar-refractivity contribution in [2.24, 2.45) is 17.8 Å². The third-order valence-electron chi connectivity index (χ3n) is 6.93. The number of benzene rings is 1.